The topological polar surface area (TPSA) is 49.3 Å². The number of anilines is 1. The van der Waals surface area contributed by atoms with Gasteiger partial charge in [-0.1, -0.05) is 12.1 Å². The Balaban J connectivity index is 1.90. The molecule has 1 atom stereocenters. The van der Waals surface area contributed by atoms with E-state index < -0.39 is 6.10 Å². The highest BCUT2D eigenvalue weighted by molar-refractivity contribution is 5.91. The van der Waals surface area contributed by atoms with Gasteiger partial charge in [0.15, 0.2) is 0 Å². The van der Waals surface area contributed by atoms with Gasteiger partial charge in [0.2, 0.25) is 5.91 Å². The lowest BCUT2D eigenvalue weighted by atomic mass is 10.1. The summed E-state index contributed by atoms with van der Waals surface area (Å²) in [7, 11) is 0. The molecule has 1 unspecified atom stereocenters. The van der Waals surface area contributed by atoms with E-state index in [4.69, 9.17) is 0 Å². The fraction of sp³-hybridized carbons (Fsp3) is 0.462. The molecule has 0 aliphatic heterocycles. The zero-order valence-corrected chi connectivity index (χ0v) is 9.44. The Morgan fingerprint density at radius 2 is 2.06 bits per heavy atom. The number of rotatable bonds is 4. The summed E-state index contributed by atoms with van der Waals surface area (Å²) in [6.07, 6.45) is 2.55. The van der Waals surface area contributed by atoms with E-state index in [-0.39, 0.29) is 5.91 Å². The van der Waals surface area contributed by atoms with Crippen LogP contribution in [-0.2, 0) is 4.79 Å². The van der Waals surface area contributed by atoms with Crippen molar-refractivity contribution in [3.8, 4) is 0 Å². The molecule has 2 rings (SSSR count). The van der Waals surface area contributed by atoms with Gasteiger partial charge >= 0.3 is 0 Å². The van der Waals surface area contributed by atoms with Gasteiger partial charge in [-0.15, -0.1) is 0 Å². The summed E-state index contributed by atoms with van der Waals surface area (Å²) < 4.78 is 0. The Morgan fingerprint density at radius 1 is 1.44 bits per heavy atom. The SMILES string of the molecule is CC(O)c1ccc(NC(=O)CC2CC2)cc1. The van der Waals surface area contributed by atoms with Crippen LogP contribution in [0, 0.1) is 5.92 Å². The third-order valence-corrected chi connectivity index (χ3v) is 2.85. The van der Waals surface area contributed by atoms with Gasteiger partial charge < -0.3 is 10.4 Å². The summed E-state index contributed by atoms with van der Waals surface area (Å²) in [5.41, 5.74) is 1.66. The van der Waals surface area contributed by atoms with Gasteiger partial charge in [-0.3, -0.25) is 4.79 Å². The third kappa shape index (κ3) is 3.07. The largest absolute Gasteiger partial charge is 0.389 e. The van der Waals surface area contributed by atoms with E-state index in [1.807, 2.05) is 24.3 Å². The molecular formula is C13H17NO2. The van der Waals surface area contributed by atoms with Crippen LogP contribution in [0.5, 0.6) is 0 Å². The number of carbonyl (C=O) groups excluding carboxylic acids is 1. The highest BCUT2D eigenvalue weighted by Crippen LogP contribution is 2.32. The van der Waals surface area contributed by atoms with Crippen LogP contribution >= 0.6 is 0 Å². The van der Waals surface area contributed by atoms with Gasteiger partial charge in [-0.05, 0) is 43.4 Å². The monoisotopic (exact) mass is 219 g/mol. The van der Waals surface area contributed by atoms with Crippen molar-refractivity contribution in [3.05, 3.63) is 29.8 Å². The summed E-state index contributed by atoms with van der Waals surface area (Å²) >= 11 is 0. The molecule has 1 aliphatic rings. The number of nitrogens with one attached hydrogen (secondary N) is 1. The number of aliphatic hydroxyl groups is 1. The van der Waals surface area contributed by atoms with Crippen LogP contribution in [0.4, 0.5) is 5.69 Å². The molecule has 1 fully saturated rings. The van der Waals surface area contributed by atoms with Crippen LogP contribution < -0.4 is 5.32 Å². The van der Waals surface area contributed by atoms with Gasteiger partial charge in [0.1, 0.15) is 0 Å². The molecule has 0 heterocycles. The van der Waals surface area contributed by atoms with Crippen molar-refractivity contribution >= 4 is 11.6 Å². The van der Waals surface area contributed by atoms with E-state index in [1.165, 1.54) is 12.8 Å². The lowest BCUT2D eigenvalue weighted by molar-refractivity contribution is -0.116. The lowest BCUT2D eigenvalue weighted by Crippen LogP contribution is -2.11. The quantitative estimate of drug-likeness (QED) is 0.817. The maximum atomic E-state index is 11.5. The zero-order valence-electron chi connectivity index (χ0n) is 9.44. The summed E-state index contributed by atoms with van der Waals surface area (Å²) in [6, 6.07) is 7.31. The van der Waals surface area contributed by atoms with Gasteiger partial charge in [0, 0.05) is 12.1 Å². The fourth-order valence-electron chi connectivity index (χ4n) is 1.64. The van der Waals surface area contributed by atoms with E-state index in [0.717, 1.165) is 11.3 Å². The maximum Gasteiger partial charge on any atom is 0.224 e. The number of carbonyl (C=O) groups is 1. The molecule has 1 aromatic carbocycles. The van der Waals surface area contributed by atoms with Crippen molar-refractivity contribution in [1.82, 2.24) is 0 Å². The number of amides is 1. The van der Waals surface area contributed by atoms with Crippen LogP contribution in [0.15, 0.2) is 24.3 Å². The van der Waals surface area contributed by atoms with E-state index in [2.05, 4.69) is 5.32 Å². The molecule has 2 N–H and O–H groups in total. The predicted octanol–water partition coefficient (Wildman–Crippen LogP) is 2.48. The Bertz CT molecular complexity index is 366. The van der Waals surface area contributed by atoms with Gasteiger partial charge in [0.25, 0.3) is 0 Å². The molecule has 0 aromatic heterocycles. The van der Waals surface area contributed by atoms with Crippen LogP contribution in [0.2, 0.25) is 0 Å². The second-order valence-corrected chi connectivity index (χ2v) is 4.49. The van der Waals surface area contributed by atoms with E-state index in [0.29, 0.717) is 12.3 Å². The van der Waals surface area contributed by atoms with Crippen molar-refractivity contribution in [1.29, 1.82) is 0 Å². The van der Waals surface area contributed by atoms with E-state index >= 15 is 0 Å². The Labute approximate surface area is 95.5 Å². The first-order valence-electron chi connectivity index (χ1n) is 5.73. The smallest absolute Gasteiger partial charge is 0.224 e. The second kappa shape index (κ2) is 4.66. The molecule has 1 aromatic rings. The minimum atomic E-state index is -0.462. The molecular weight excluding hydrogens is 202 g/mol. The van der Waals surface area contributed by atoms with Crippen LogP contribution in [0.1, 0.15) is 37.9 Å². The first kappa shape index (κ1) is 11.1. The molecule has 3 heteroatoms. The number of benzene rings is 1. The molecule has 0 spiro atoms. The normalized spacial score (nSPS) is 16.9. The first-order chi connectivity index (χ1) is 7.65. The van der Waals surface area contributed by atoms with Crippen molar-refractivity contribution in [3.63, 3.8) is 0 Å². The molecule has 3 nitrogen and oxygen atoms in total. The Morgan fingerprint density at radius 3 is 2.56 bits per heavy atom. The third-order valence-electron chi connectivity index (χ3n) is 2.85. The molecule has 86 valence electrons. The highest BCUT2D eigenvalue weighted by Gasteiger charge is 2.24. The van der Waals surface area contributed by atoms with Crippen molar-refractivity contribution in [2.45, 2.75) is 32.3 Å². The second-order valence-electron chi connectivity index (χ2n) is 4.49. The minimum absolute atomic E-state index is 0.0901. The van der Waals surface area contributed by atoms with Gasteiger partial charge in [-0.25, -0.2) is 0 Å². The van der Waals surface area contributed by atoms with Crippen LogP contribution in [0.3, 0.4) is 0 Å². The molecule has 0 saturated heterocycles. The van der Waals surface area contributed by atoms with Gasteiger partial charge in [0.05, 0.1) is 6.10 Å². The van der Waals surface area contributed by atoms with Crippen molar-refractivity contribution < 1.29 is 9.90 Å². The molecule has 1 saturated carbocycles. The standard InChI is InChI=1S/C13H17NO2/c1-9(15)11-4-6-12(7-5-11)14-13(16)8-10-2-3-10/h4-7,9-10,15H,2-3,8H2,1H3,(H,14,16). The average Bonchev–Trinajstić information content (AvgIpc) is 3.02. The van der Waals surface area contributed by atoms with Crippen molar-refractivity contribution in [2.24, 2.45) is 5.92 Å². The summed E-state index contributed by atoms with van der Waals surface area (Å²) in [4.78, 5) is 11.5. The Hall–Kier alpha value is -1.35. The zero-order chi connectivity index (χ0) is 11.5. The van der Waals surface area contributed by atoms with E-state index in [9.17, 15) is 9.90 Å². The fourth-order valence-corrected chi connectivity index (χ4v) is 1.64. The van der Waals surface area contributed by atoms with Crippen LogP contribution in [0.25, 0.3) is 0 Å². The molecule has 1 amide bonds. The highest BCUT2D eigenvalue weighted by atomic mass is 16.3. The Kier molecular flexibility index (Phi) is 3.25. The molecule has 16 heavy (non-hydrogen) atoms. The first-order valence-corrected chi connectivity index (χ1v) is 5.73. The van der Waals surface area contributed by atoms with Crippen molar-refractivity contribution in [2.75, 3.05) is 5.32 Å². The van der Waals surface area contributed by atoms with Gasteiger partial charge in [-0.2, -0.15) is 0 Å². The average molecular weight is 219 g/mol. The summed E-state index contributed by atoms with van der Waals surface area (Å²) in [5.74, 6) is 0.698. The van der Waals surface area contributed by atoms with Crippen LogP contribution in [-0.4, -0.2) is 11.0 Å². The lowest BCUT2D eigenvalue weighted by Gasteiger charge is -2.07. The number of aliphatic hydroxyl groups excluding tert-OH is 1. The molecule has 0 radical (unpaired) electrons. The number of hydrogen-bond donors (Lipinski definition) is 2. The maximum absolute atomic E-state index is 11.5. The summed E-state index contributed by atoms with van der Waals surface area (Å²) in [5, 5.41) is 12.2. The van der Waals surface area contributed by atoms with E-state index in [1.54, 1.807) is 6.92 Å². The minimum Gasteiger partial charge on any atom is -0.389 e. The molecule has 1 aliphatic carbocycles. The predicted molar refractivity (Wildman–Crippen MR) is 63.0 cm³/mol. The molecule has 0 bridgehead atoms. The number of hydrogen-bond acceptors (Lipinski definition) is 2. The summed E-state index contributed by atoms with van der Waals surface area (Å²) in [6.45, 7) is 1.72.